The Labute approximate surface area is 152 Å². The Morgan fingerprint density at radius 3 is 2.92 bits per heavy atom. The number of anilines is 1. The first-order valence-corrected chi connectivity index (χ1v) is 8.68. The number of hydrogen-bond acceptors (Lipinski definition) is 5. The third kappa shape index (κ3) is 4.35. The molecule has 3 rings (SSSR count). The summed E-state index contributed by atoms with van der Waals surface area (Å²) in [5.41, 5.74) is -0.456. The van der Waals surface area contributed by atoms with E-state index in [-0.39, 0.29) is 24.7 Å². The lowest BCUT2D eigenvalue weighted by Gasteiger charge is -2.29. The van der Waals surface area contributed by atoms with Crippen LogP contribution in [0.2, 0.25) is 0 Å². The van der Waals surface area contributed by atoms with Gasteiger partial charge in [0.1, 0.15) is 17.2 Å². The van der Waals surface area contributed by atoms with Gasteiger partial charge < -0.3 is 14.9 Å². The van der Waals surface area contributed by atoms with Gasteiger partial charge in [0.25, 0.3) is 0 Å². The molecule has 1 amide bonds. The second kappa shape index (κ2) is 7.78. The highest BCUT2D eigenvalue weighted by atomic mass is 19.1. The number of benzene rings is 1. The van der Waals surface area contributed by atoms with Crippen LogP contribution in [-0.4, -0.2) is 58.2 Å². The topological polar surface area (TPSA) is 69.6 Å². The molecule has 1 aromatic carbocycles. The number of hydrogen-bond donors (Lipinski definition) is 1. The van der Waals surface area contributed by atoms with Crippen molar-refractivity contribution in [3.05, 3.63) is 54.2 Å². The highest BCUT2D eigenvalue weighted by molar-refractivity contribution is 5.76. The van der Waals surface area contributed by atoms with E-state index in [2.05, 4.69) is 9.97 Å². The zero-order valence-corrected chi connectivity index (χ0v) is 14.8. The minimum Gasteiger partial charge on any atom is -0.386 e. The summed E-state index contributed by atoms with van der Waals surface area (Å²) in [4.78, 5) is 24.2. The highest BCUT2D eigenvalue weighted by Gasteiger charge is 2.38. The monoisotopic (exact) mass is 358 g/mol. The maximum atomic E-state index is 13.7. The predicted octanol–water partition coefficient (Wildman–Crippen LogP) is 1.65. The summed E-state index contributed by atoms with van der Waals surface area (Å²) in [5, 5.41) is 10.8. The minimum atomic E-state index is -0.986. The van der Waals surface area contributed by atoms with Gasteiger partial charge in [-0.25, -0.2) is 9.37 Å². The van der Waals surface area contributed by atoms with Gasteiger partial charge in [0.15, 0.2) is 0 Å². The van der Waals surface area contributed by atoms with Crippen LogP contribution < -0.4 is 4.90 Å². The largest absolute Gasteiger partial charge is 0.386 e. The van der Waals surface area contributed by atoms with Gasteiger partial charge in [-0.15, -0.1) is 0 Å². The first-order chi connectivity index (χ1) is 12.5. The number of β-amino-alcohol motifs (C(OH)–C–C–N with tert-alkyl or cyclic N) is 1. The number of aliphatic hydroxyl groups is 1. The van der Waals surface area contributed by atoms with Crippen LogP contribution in [0.3, 0.4) is 0 Å². The van der Waals surface area contributed by atoms with E-state index in [0.717, 1.165) is 5.82 Å². The molecule has 0 spiro atoms. The van der Waals surface area contributed by atoms with E-state index in [9.17, 15) is 14.3 Å². The molecule has 6 nitrogen and oxygen atoms in total. The number of nitrogens with zero attached hydrogens (tertiary/aromatic N) is 4. The number of carbonyl (C=O) groups excluding carboxylic acids is 1. The summed E-state index contributed by atoms with van der Waals surface area (Å²) < 4.78 is 13.7. The number of aromatic nitrogens is 2. The van der Waals surface area contributed by atoms with Crippen LogP contribution in [0.1, 0.15) is 18.4 Å². The third-order valence-electron chi connectivity index (χ3n) is 4.73. The van der Waals surface area contributed by atoms with Crippen molar-refractivity contribution in [2.24, 2.45) is 0 Å². The first-order valence-electron chi connectivity index (χ1n) is 8.68. The van der Waals surface area contributed by atoms with Crippen LogP contribution in [0, 0.1) is 5.82 Å². The summed E-state index contributed by atoms with van der Waals surface area (Å²) in [6.45, 7) is 1.29. The summed E-state index contributed by atoms with van der Waals surface area (Å²) in [5.74, 6) is 0.313. The average molecular weight is 358 g/mol. The quantitative estimate of drug-likeness (QED) is 0.850. The Morgan fingerprint density at radius 2 is 2.19 bits per heavy atom. The number of carbonyl (C=O) groups is 1. The van der Waals surface area contributed by atoms with E-state index in [0.29, 0.717) is 31.5 Å². The van der Waals surface area contributed by atoms with Crippen molar-refractivity contribution in [3.8, 4) is 0 Å². The molecule has 0 saturated carbocycles. The molecular formula is C19H23FN4O2. The molecule has 26 heavy (non-hydrogen) atoms. The fourth-order valence-electron chi connectivity index (χ4n) is 3.30. The van der Waals surface area contributed by atoms with Crippen molar-refractivity contribution >= 4 is 11.7 Å². The third-order valence-corrected chi connectivity index (χ3v) is 4.73. The molecule has 1 fully saturated rings. The van der Waals surface area contributed by atoms with E-state index < -0.39 is 5.60 Å². The molecule has 1 atom stereocenters. The van der Waals surface area contributed by atoms with E-state index in [4.69, 9.17) is 0 Å². The van der Waals surface area contributed by atoms with Gasteiger partial charge in [-0.05, 0) is 24.5 Å². The highest BCUT2D eigenvalue weighted by Crippen LogP contribution is 2.26. The van der Waals surface area contributed by atoms with Crippen molar-refractivity contribution in [1.82, 2.24) is 14.9 Å². The van der Waals surface area contributed by atoms with Crippen molar-refractivity contribution in [2.75, 3.05) is 31.6 Å². The summed E-state index contributed by atoms with van der Waals surface area (Å²) in [6.07, 6.45) is 5.99. The van der Waals surface area contributed by atoms with Crippen LogP contribution >= 0.6 is 0 Å². The number of likely N-dealkylation sites (N-methyl/N-ethyl adjacent to an activating group) is 1. The van der Waals surface area contributed by atoms with Gasteiger partial charge in [-0.3, -0.25) is 9.78 Å². The van der Waals surface area contributed by atoms with Crippen LogP contribution in [0.5, 0.6) is 0 Å². The molecule has 0 unspecified atom stereocenters. The zero-order chi connectivity index (χ0) is 18.6. The van der Waals surface area contributed by atoms with E-state index in [1.807, 2.05) is 4.90 Å². The standard InChI is InChI=1S/C19H23FN4O2/c1-23(18(25)7-6-15-4-2-3-5-16(15)20)13-19(26)8-11-24(14-19)17-12-21-9-10-22-17/h2-5,9-10,12,26H,6-8,11,13-14H2,1H3/t19-/m0/s1. The zero-order valence-electron chi connectivity index (χ0n) is 14.8. The normalized spacial score (nSPS) is 19.6. The van der Waals surface area contributed by atoms with E-state index >= 15 is 0 Å². The van der Waals surface area contributed by atoms with Gasteiger partial charge in [0.05, 0.1) is 12.7 Å². The SMILES string of the molecule is CN(C[C@@]1(O)CCN(c2cnccn2)C1)C(=O)CCc1ccccc1F. The lowest BCUT2D eigenvalue weighted by Crippen LogP contribution is -2.46. The average Bonchev–Trinajstić information content (AvgIpc) is 3.03. The number of amides is 1. The van der Waals surface area contributed by atoms with Gasteiger partial charge in [0, 0.05) is 39.0 Å². The molecule has 0 aliphatic carbocycles. The molecule has 2 heterocycles. The van der Waals surface area contributed by atoms with Crippen molar-refractivity contribution < 1.29 is 14.3 Å². The maximum Gasteiger partial charge on any atom is 0.222 e. The fourth-order valence-corrected chi connectivity index (χ4v) is 3.30. The lowest BCUT2D eigenvalue weighted by atomic mass is 10.0. The second-order valence-electron chi connectivity index (χ2n) is 6.80. The number of aryl methyl sites for hydroxylation is 1. The summed E-state index contributed by atoms with van der Waals surface area (Å²) in [6, 6.07) is 6.47. The van der Waals surface area contributed by atoms with Crippen LogP contribution in [0.4, 0.5) is 10.2 Å². The van der Waals surface area contributed by atoms with Gasteiger partial charge in [-0.2, -0.15) is 0 Å². The van der Waals surface area contributed by atoms with Crippen molar-refractivity contribution in [3.63, 3.8) is 0 Å². The van der Waals surface area contributed by atoms with Crippen LogP contribution in [0.25, 0.3) is 0 Å². The maximum absolute atomic E-state index is 13.7. The second-order valence-corrected chi connectivity index (χ2v) is 6.80. The molecular weight excluding hydrogens is 335 g/mol. The van der Waals surface area contributed by atoms with Crippen molar-refractivity contribution in [2.45, 2.75) is 24.9 Å². The van der Waals surface area contributed by atoms with Crippen LogP contribution in [0.15, 0.2) is 42.9 Å². The summed E-state index contributed by atoms with van der Waals surface area (Å²) >= 11 is 0. The Kier molecular flexibility index (Phi) is 5.46. The Balaban J connectivity index is 1.53. The molecule has 2 aromatic rings. The predicted molar refractivity (Wildman–Crippen MR) is 96.2 cm³/mol. The Morgan fingerprint density at radius 1 is 1.38 bits per heavy atom. The van der Waals surface area contributed by atoms with Crippen molar-refractivity contribution in [1.29, 1.82) is 0 Å². The molecule has 0 bridgehead atoms. The van der Waals surface area contributed by atoms with Gasteiger partial charge in [0.2, 0.25) is 5.91 Å². The van der Waals surface area contributed by atoms with Crippen LogP contribution in [-0.2, 0) is 11.2 Å². The van der Waals surface area contributed by atoms with Gasteiger partial charge >= 0.3 is 0 Å². The first kappa shape index (κ1) is 18.3. The fraction of sp³-hybridized carbons (Fsp3) is 0.421. The van der Waals surface area contributed by atoms with E-state index in [1.54, 1.807) is 43.8 Å². The molecule has 1 saturated heterocycles. The van der Waals surface area contributed by atoms with Gasteiger partial charge in [-0.1, -0.05) is 18.2 Å². The molecule has 1 aromatic heterocycles. The molecule has 1 aliphatic heterocycles. The molecule has 0 radical (unpaired) electrons. The molecule has 138 valence electrons. The van der Waals surface area contributed by atoms with E-state index in [1.165, 1.54) is 11.0 Å². The minimum absolute atomic E-state index is 0.111. The number of halogens is 1. The molecule has 1 N–H and O–H groups in total. The Hall–Kier alpha value is -2.54. The lowest BCUT2D eigenvalue weighted by molar-refractivity contribution is -0.132. The number of rotatable bonds is 6. The molecule has 7 heteroatoms. The Bertz CT molecular complexity index is 758. The summed E-state index contributed by atoms with van der Waals surface area (Å²) in [7, 11) is 1.67. The molecule has 1 aliphatic rings. The smallest absolute Gasteiger partial charge is 0.222 e.